The lowest BCUT2D eigenvalue weighted by molar-refractivity contribution is 0.522. The standard InChI is InChI=1S/C15H17N7O/c1-21-8-6-19-14(15(21)23)22-7-2-3-11(10-22)20-13-12(9-16)17-4-5-18-13/h4-6,8,11H,2-3,7,10H2,1H3,(H,18,20). The fraction of sp³-hybridized carbons (Fsp3) is 0.400. The molecule has 1 aliphatic rings. The summed E-state index contributed by atoms with van der Waals surface area (Å²) in [4.78, 5) is 26.6. The molecule has 0 aromatic carbocycles. The van der Waals surface area contributed by atoms with Crippen LogP contribution in [0.2, 0.25) is 0 Å². The van der Waals surface area contributed by atoms with Crippen LogP contribution in [0.3, 0.4) is 0 Å². The van der Waals surface area contributed by atoms with E-state index in [0.717, 1.165) is 19.4 Å². The van der Waals surface area contributed by atoms with Gasteiger partial charge in [-0.25, -0.2) is 15.0 Å². The highest BCUT2D eigenvalue weighted by atomic mass is 16.1. The quantitative estimate of drug-likeness (QED) is 0.882. The first-order chi connectivity index (χ1) is 11.2. The van der Waals surface area contributed by atoms with E-state index >= 15 is 0 Å². The summed E-state index contributed by atoms with van der Waals surface area (Å²) < 4.78 is 1.52. The van der Waals surface area contributed by atoms with Crippen molar-refractivity contribution >= 4 is 11.6 Å². The number of nitrogens with one attached hydrogen (secondary N) is 1. The molecule has 23 heavy (non-hydrogen) atoms. The lowest BCUT2D eigenvalue weighted by atomic mass is 10.1. The summed E-state index contributed by atoms with van der Waals surface area (Å²) >= 11 is 0. The van der Waals surface area contributed by atoms with Gasteiger partial charge in [0.15, 0.2) is 17.3 Å². The van der Waals surface area contributed by atoms with Crippen LogP contribution in [0, 0.1) is 11.3 Å². The van der Waals surface area contributed by atoms with E-state index in [-0.39, 0.29) is 17.3 Å². The van der Waals surface area contributed by atoms with E-state index in [1.54, 1.807) is 25.6 Å². The molecule has 3 rings (SSSR count). The molecule has 118 valence electrons. The van der Waals surface area contributed by atoms with Gasteiger partial charge in [0.05, 0.1) is 0 Å². The van der Waals surface area contributed by atoms with Crippen LogP contribution in [0.1, 0.15) is 18.5 Å². The van der Waals surface area contributed by atoms with E-state index in [9.17, 15) is 4.79 Å². The topological polar surface area (TPSA) is 99.7 Å². The number of rotatable bonds is 3. The smallest absolute Gasteiger partial charge is 0.293 e. The summed E-state index contributed by atoms with van der Waals surface area (Å²) in [7, 11) is 1.71. The van der Waals surface area contributed by atoms with Crippen molar-refractivity contribution in [3.63, 3.8) is 0 Å². The molecule has 1 saturated heterocycles. The monoisotopic (exact) mass is 311 g/mol. The van der Waals surface area contributed by atoms with Gasteiger partial charge in [-0.15, -0.1) is 0 Å². The number of piperidine rings is 1. The molecule has 1 unspecified atom stereocenters. The van der Waals surface area contributed by atoms with Crippen molar-refractivity contribution in [3.05, 3.63) is 40.8 Å². The summed E-state index contributed by atoms with van der Waals surface area (Å²) in [5.74, 6) is 0.942. The van der Waals surface area contributed by atoms with E-state index in [4.69, 9.17) is 5.26 Å². The van der Waals surface area contributed by atoms with E-state index < -0.39 is 0 Å². The summed E-state index contributed by atoms with van der Waals surface area (Å²) in [6, 6.07) is 2.11. The van der Waals surface area contributed by atoms with Gasteiger partial charge in [-0.1, -0.05) is 0 Å². The second-order valence-corrected chi connectivity index (χ2v) is 5.46. The molecular formula is C15H17N7O. The predicted octanol–water partition coefficient (Wildman–Crippen LogP) is 0.523. The van der Waals surface area contributed by atoms with Crippen molar-refractivity contribution in [1.29, 1.82) is 5.26 Å². The third-order valence-electron chi connectivity index (χ3n) is 3.86. The van der Waals surface area contributed by atoms with Gasteiger partial charge in [0.25, 0.3) is 5.56 Å². The van der Waals surface area contributed by atoms with Crippen LogP contribution in [-0.4, -0.2) is 38.7 Å². The zero-order valence-corrected chi connectivity index (χ0v) is 12.8. The second-order valence-electron chi connectivity index (χ2n) is 5.46. The van der Waals surface area contributed by atoms with Crippen LogP contribution in [0.15, 0.2) is 29.6 Å². The molecule has 2 aromatic heterocycles. The number of nitriles is 1. The van der Waals surface area contributed by atoms with Gasteiger partial charge < -0.3 is 14.8 Å². The lowest BCUT2D eigenvalue weighted by Crippen LogP contribution is -2.45. The Morgan fingerprint density at radius 3 is 2.96 bits per heavy atom. The fourth-order valence-corrected chi connectivity index (χ4v) is 2.71. The van der Waals surface area contributed by atoms with Crippen molar-refractivity contribution in [3.8, 4) is 6.07 Å². The molecule has 3 heterocycles. The van der Waals surface area contributed by atoms with E-state index in [1.165, 1.54) is 10.8 Å². The molecule has 1 fully saturated rings. The highest BCUT2D eigenvalue weighted by Crippen LogP contribution is 2.18. The molecule has 8 nitrogen and oxygen atoms in total. The third-order valence-corrected chi connectivity index (χ3v) is 3.86. The fourth-order valence-electron chi connectivity index (χ4n) is 2.71. The molecule has 0 aliphatic carbocycles. The Balaban J connectivity index is 1.78. The zero-order chi connectivity index (χ0) is 16.2. The first kappa shape index (κ1) is 15.0. The summed E-state index contributed by atoms with van der Waals surface area (Å²) in [5.41, 5.74) is 0.170. The highest BCUT2D eigenvalue weighted by molar-refractivity contribution is 5.48. The van der Waals surface area contributed by atoms with Crippen LogP contribution < -0.4 is 15.8 Å². The number of hydrogen-bond donors (Lipinski definition) is 1. The summed E-state index contributed by atoms with van der Waals surface area (Å²) in [5, 5.41) is 12.3. The normalized spacial score (nSPS) is 17.6. The third kappa shape index (κ3) is 3.13. The molecule has 0 bridgehead atoms. The highest BCUT2D eigenvalue weighted by Gasteiger charge is 2.24. The molecule has 8 heteroatoms. The Morgan fingerprint density at radius 1 is 1.30 bits per heavy atom. The molecule has 0 spiro atoms. The second kappa shape index (κ2) is 6.44. The molecular weight excluding hydrogens is 294 g/mol. The van der Waals surface area contributed by atoms with E-state index in [0.29, 0.717) is 18.2 Å². The Hall–Kier alpha value is -2.95. The summed E-state index contributed by atoms with van der Waals surface area (Å²) in [6.45, 7) is 1.42. The minimum Gasteiger partial charge on any atom is -0.363 e. The van der Waals surface area contributed by atoms with Gasteiger partial charge in [-0.3, -0.25) is 4.79 Å². The molecule has 0 saturated carbocycles. The van der Waals surface area contributed by atoms with Crippen LogP contribution in [0.5, 0.6) is 0 Å². The maximum absolute atomic E-state index is 12.2. The molecule has 1 aliphatic heterocycles. The average molecular weight is 311 g/mol. The number of anilines is 2. The van der Waals surface area contributed by atoms with Crippen molar-refractivity contribution < 1.29 is 0 Å². The van der Waals surface area contributed by atoms with E-state index in [1.807, 2.05) is 11.0 Å². The van der Waals surface area contributed by atoms with Gasteiger partial charge in [0.2, 0.25) is 0 Å². The van der Waals surface area contributed by atoms with Crippen molar-refractivity contribution in [2.75, 3.05) is 23.3 Å². The SMILES string of the molecule is Cn1ccnc(N2CCCC(Nc3nccnc3C#N)C2)c1=O. The molecule has 0 amide bonds. The van der Waals surface area contributed by atoms with Gasteiger partial charge in [-0.2, -0.15) is 5.26 Å². The minimum absolute atomic E-state index is 0.0827. The number of aromatic nitrogens is 4. The first-order valence-corrected chi connectivity index (χ1v) is 7.43. The average Bonchev–Trinajstić information content (AvgIpc) is 2.58. The van der Waals surface area contributed by atoms with Crippen LogP contribution in [0.4, 0.5) is 11.6 Å². The largest absolute Gasteiger partial charge is 0.363 e. The Morgan fingerprint density at radius 2 is 2.13 bits per heavy atom. The molecule has 1 atom stereocenters. The van der Waals surface area contributed by atoms with Crippen LogP contribution in [-0.2, 0) is 7.05 Å². The lowest BCUT2D eigenvalue weighted by Gasteiger charge is -2.33. The van der Waals surface area contributed by atoms with Gasteiger partial charge in [-0.05, 0) is 12.8 Å². The number of aryl methyl sites for hydroxylation is 1. The van der Waals surface area contributed by atoms with Gasteiger partial charge in [0, 0.05) is 51.0 Å². The van der Waals surface area contributed by atoms with E-state index in [2.05, 4.69) is 20.3 Å². The molecule has 2 aromatic rings. The number of hydrogen-bond acceptors (Lipinski definition) is 7. The number of nitrogens with zero attached hydrogens (tertiary/aromatic N) is 6. The molecule has 0 radical (unpaired) electrons. The van der Waals surface area contributed by atoms with Crippen molar-refractivity contribution in [2.45, 2.75) is 18.9 Å². The van der Waals surface area contributed by atoms with Crippen molar-refractivity contribution in [2.24, 2.45) is 7.05 Å². The maximum Gasteiger partial charge on any atom is 0.293 e. The first-order valence-electron chi connectivity index (χ1n) is 7.43. The minimum atomic E-state index is -0.106. The summed E-state index contributed by atoms with van der Waals surface area (Å²) in [6.07, 6.45) is 8.19. The van der Waals surface area contributed by atoms with Crippen LogP contribution in [0.25, 0.3) is 0 Å². The van der Waals surface area contributed by atoms with Gasteiger partial charge >= 0.3 is 0 Å². The predicted molar refractivity (Wildman–Crippen MR) is 85.1 cm³/mol. The zero-order valence-electron chi connectivity index (χ0n) is 12.8. The maximum atomic E-state index is 12.2. The Kier molecular flexibility index (Phi) is 4.19. The van der Waals surface area contributed by atoms with Crippen molar-refractivity contribution in [1.82, 2.24) is 19.5 Å². The molecule has 1 N–H and O–H groups in total. The van der Waals surface area contributed by atoms with Crippen LogP contribution >= 0.6 is 0 Å². The Bertz CT molecular complexity index is 795. The Labute approximate surface area is 133 Å². The van der Waals surface area contributed by atoms with Gasteiger partial charge in [0.1, 0.15) is 6.07 Å².